The molecule has 4 aliphatic rings. The van der Waals surface area contributed by atoms with E-state index in [9.17, 15) is 4.79 Å². The van der Waals surface area contributed by atoms with Crippen molar-refractivity contribution in [1.82, 2.24) is 0 Å². The highest BCUT2D eigenvalue weighted by Crippen LogP contribution is 2.50. The second-order valence-electron chi connectivity index (χ2n) is 5.26. The minimum absolute atomic E-state index is 0.210. The zero-order chi connectivity index (χ0) is 10.4. The first-order valence-corrected chi connectivity index (χ1v) is 6.06. The van der Waals surface area contributed by atoms with Gasteiger partial charge >= 0.3 is 5.97 Å². The Bertz CT molecular complexity index is 262. The van der Waals surface area contributed by atoms with Gasteiger partial charge in [0.25, 0.3) is 0 Å². The van der Waals surface area contributed by atoms with Gasteiger partial charge in [-0.3, -0.25) is 4.79 Å². The van der Waals surface area contributed by atoms with Crippen LogP contribution in [-0.2, 0) is 14.3 Å². The molecule has 15 heavy (non-hydrogen) atoms. The van der Waals surface area contributed by atoms with E-state index >= 15 is 0 Å². The van der Waals surface area contributed by atoms with Crippen LogP contribution >= 0.6 is 0 Å². The molecule has 3 heteroatoms. The van der Waals surface area contributed by atoms with Gasteiger partial charge in [0.05, 0.1) is 6.10 Å². The summed E-state index contributed by atoms with van der Waals surface area (Å²) in [4.78, 5) is 10.9. The van der Waals surface area contributed by atoms with Gasteiger partial charge in [0.2, 0.25) is 6.29 Å². The lowest BCUT2D eigenvalue weighted by molar-refractivity contribution is -0.278. The third-order valence-electron chi connectivity index (χ3n) is 4.25. The predicted molar refractivity (Wildman–Crippen MR) is 54.0 cm³/mol. The maximum Gasteiger partial charge on any atom is 0.304 e. The fraction of sp³-hybridized carbons (Fsp3) is 0.917. The van der Waals surface area contributed by atoms with Crippen LogP contribution in [0.5, 0.6) is 0 Å². The van der Waals surface area contributed by atoms with Gasteiger partial charge in [-0.05, 0) is 37.5 Å². The Labute approximate surface area is 90.1 Å². The Hall–Kier alpha value is -0.570. The van der Waals surface area contributed by atoms with E-state index < -0.39 is 0 Å². The maximum atomic E-state index is 10.9. The minimum atomic E-state index is -0.238. The Morgan fingerprint density at radius 3 is 2.40 bits per heavy atom. The number of carbonyl (C=O) groups is 1. The number of esters is 1. The summed E-state index contributed by atoms with van der Waals surface area (Å²) in [6.45, 7) is 1.46. The first-order valence-electron chi connectivity index (χ1n) is 6.06. The molecule has 0 aromatic rings. The van der Waals surface area contributed by atoms with Crippen LogP contribution in [0.3, 0.4) is 0 Å². The van der Waals surface area contributed by atoms with Gasteiger partial charge in [-0.2, -0.15) is 0 Å². The van der Waals surface area contributed by atoms with Gasteiger partial charge in [0, 0.05) is 12.8 Å². The van der Waals surface area contributed by atoms with E-state index in [0.29, 0.717) is 12.0 Å². The second-order valence-corrected chi connectivity index (χ2v) is 5.26. The van der Waals surface area contributed by atoms with E-state index in [0.717, 1.165) is 11.8 Å². The molecule has 2 unspecified atom stereocenters. The molecule has 2 heterocycles. The van der Waals surface area contributed by atoms with Crippen LogP contribution < -0.4 is 0 Å². The monoisotopic (exact) mass is 210 g/mol. The van der Waals surface area contributed by atoms with Gasteiger partial charge < -0.3 is 9.47 Å². The van der Waals surface area contributed by atoms with Crippen LogP contribution in [0.25, 0.3) is 0 Å². The highest BCUT2D eigenvalue weighted by atomic mass is 16.7. The SMILES string of the molecule is CC(=O)O[C@@H]1OC2[C@@H]3CCC[C@H]2CC1C3. The van der Waals surface area contributed by atoms with Crippen molar-refractivity contribution in [3.8, 4) is 0 Å². The third-order valence-corrected chi connectivity index (χ3v) is 4.25. The number of carbonyl (C=O) groups excluding carboxylic acids is 1. The zero-order valence-corrected chi connectivity index (χ0v) is 9.15. The van der Waals surface area contributed by atoms with E-state index in [-0.39, 0.29) is 12.3 Å². The molecule has 4 fully saturated rings. The summed E-state index contributed by atoms with van der Waals surface area (Å²) in [5.74, 6) is 1.75. The highest BCUT2D eigenvalue weighted by molar-refractivity contribution is 5.66. The zero-order valence-electron chi connectivity index (χ0n) is 9.15. The van der Waals surface area contributed by atoms with E-state index in [1.54, 1.807) is 0 Å². The molecule has 0 N–H and O–H groups in total. The molecule has 5 atom stereocenters. The molecular formula is C12H18O3. The van der Waals surface area contributed by atoms with Crippen LogP contribution in [0.15, 0.2) is 0 Å². The van der Waals surface area contributed by atoms with Crippen molar-refractivity contribution < 1.29 is 14.3 Å². The Kier molecular flexibility index (Phi) is 2.23. The molecule has 2 aliphatic heterocycles. The second kappa shape index (κ2) is 3.48. The molecule has 2 aliphatic carbocycles. The summed E-state index contributed by atoms with van der Waals surface area (Å²) in [5, 5.41) is 0. The predicted octanol–water partition coefficient (Wildman–Crippen LogP) is 2.10. The molecule has 84 valence electrons. The third kappa shape index (κ3) is 1.57. The van der Waals surface area contributed by atoms with Gasteiger partial charge in [-0.15, -0.1) is 0 Å². The highest BCUT2D eigenvalue weighted by Gasteiger charge is 2.50. The van der Waals surface area contributed by atoms with Crippen LogP contribution in [0.4, 0.5) is 0 Å². The summed E-state index contributed by atoms with van der Waals surface area (Å²) in [6.07, 6.45) is 6.54. The Morgan fingerprint density at radius 1 is 1.20 bits per heavy atom. The van der Waals surface area contributed by atoms with Crippen LogP contribution in [0.1, 0.15) is 39.0 Å². The Morgan fingerprint density at radius 2 is 1.87 bits per heavy atom. The maximum absolute atomic E-state index is 10.9. The van der Waals surface area contributed by atoms with Gasteiger partial charge in [0.1, 0.15) is 0 Å². The van der Waals surface area contributed by atoms with E-state index in [4.69, 9.17) is 9.47 Å². The topological polar surface area (TPSA) is 35.5 Å². The van der Waals surface area contributed by atoms with Crippen molar-refractivity contribution in [3.05, 3.63) is 0 Å². The normalized spacial score (nSPS) is 47.7. The summed E-state index contributed by atoms with van der Waals surface area (Å²) in [6, 6.07) is 0. The first-order chi connectivity index (χ1) is 7.24. The molecule has 4 bridgehead atoms. The van der Waals surface area contributed by atoms with Gasteiger partial charge in [0.15, 0.2) is 0 Å². The van der Waals surface area contributed by atoms with Crippen molar-refractivity contribution in [2.45, 2.75) is 51.4 Å². The first kappa shape index (κ1) is 9.64. The standard InChI is InChI=1S/C12H18O3/c1-7(13)14-12-10-5-8-3-2-4-9(6-10)11(8)15-12/h8-12H,2-6H2,1H3/t8-,9+,10?,11?,12-/m1/s1. The van der Waals surface area contributed by atoms with E-state index in [1.807, 2.05) is 0 Å². The van der Waals surface area contributed by atoms with E-state index in [1.165, 1.54) is 39.0 Å². The molecule has 0 spiro atoms. The quantitative estimate of drug-likeness (QED) is 0.622. The lowest BCUT2D eigenvalue weighted by Crippen LogP contribution is -2.54. The van der Waals surface area contributed by atoms with Crippen molar-refractivity contribution >= 4 is 5.97 Å². The summed E-state index contributed by atoms with van der Waals surface area (Å²) in [7, 11) is 0. The summed E-state index contributed by atoms with van der Waals surface area (Å²) >= 11 is 0. The lowest BCUT2D eigenvalue weighted by atomic mass is 9.64. The lowest BCUT2D eigenvalue weighted by Gasteiger charge is -2.53. The molecule has 2 saturated heterocycles. The summed E-state index contributed by atoms with van der Waals surface area (Å²) < 4.78 is 11.1. The average Bonchev–Trinajstić information content (AvgIpc) is 2.16. The molecule has 4 rings (SSSR count). The molecular weight excluding hydrogens is 192 g/mol. The fourth-order valence-electron chi connectivity index (χ4n) is 3.73. The molecule has 2 saturated carbocycles. The average molecular weight is 210 g/mol. The Balaban J connectivity index is 1.73. The number of rotatable bonds is 1. The largest absolute Gasteiger partial charge is 0.436 e. The minimum Gasteiger partial charge on any atom is -0.436 e. The van der Waals surface area contributed by atoms with Crippen molar-refractivity contribution in [3.63, 3.8) is 0 Å². The molecule has 0 radical (unpaired) electrons. The molecule has 0 amide bonds. The summed E-state index contributed by atoms with van der Waals surface area (Å²) in [5.41, 5.74) is 0. The number of hydrogen-bond acceptors (Lipinski definition) is 3. The molecule has 0 aromatic carbocycles. The smallest absolute Gasteiger partial charge is 0.304 e. The van der Waals surface area contributed by atoms with Crippen molar-refractivity contribution in [2.24, 2.45) is 17.8 Å². The van der Waals surface area contributed by atoms with Crippen molar-refractivity contribution in [1.29, 1.82) is 0 Å². The van der Waals surface area contributed by atoms with E-state index in [2.05, 4.69) is 0 Å². The van der Waals surface area contributed by atoms with Gasteiger partial charge in [-0.25, -0.2) is 0 Å². The number of ether oxygens (including phenoxy) is 2. The van der Waals surface area contributed by atoms with Gasteiger partial charge in [-0.1, -0.05) is 6.42 Å². The van der Waals surface area contributed by atoms with Crippen LogP contribution in [0.2, 0.25) is 0 Å². The fourth-order valence-corrected chi connectivity index (χ4v) is 3.73. The van der Waals surface area contributed by atoms with Crippen LogP contribution in [0, 0.1) is 17.8 Å². The molecule has 0 aromatic heterocycles. The number of fused-ring (bicyclic) bond motifs is 1. The number of hydrogen-bond donors (Lipinski definition) is 0. The van der Waals surface area contributed by atoms with Crippen LogP contribution in [-0.4, -0.2) is 18.4 Å². The molecule has 3 nitrogen and oxygen atoms in total. The van der Waals surface area contributed by atoms with Crippen molar-refractivity contribution in [2.75, 3.05) is 0 Å².